The van der Waals surface area contributed by atoms with Crippen LogP contribution in [-0.2, 0) is 0 Å². The van der Waals surface area contributed by atoms with E-state index in [1.807, 2.05) is 7.05 Å². The number of benzene rings is 1. The van der Waals surface area contributed by atoms with E-state index in [0.29, 0.717) is 13.1 Å². The first kappa shape index (κ1) is 15.5. The Morgan fingerprint density at radius 1 is 1.38 bits per heavy atom. The number of piperazine rings is 1. The van der Waals surface area contributed by atoms with E-state index in [4.69, 9.17) is 17.3 Å². The second-order valence-electron chi connectivity index (χ2n) is 4.88. The number of nitrogen functional groups attached to an aromatic ring is 1. The van der Waals surface area contributed by atoms with Gasteiger partial charge in [-0.3, -0.25) is 20.3 Å². The normalized spacial score (nSPS) is 16.7. The zero-order valence-electron chi connectivity index (χ0n) is 11.5. The van der Waals surface area contributed by atoms with Gasteiger partial charge in [-0.05, 0) is 7.05 Å². The molecule has 0 aromatic heterocycles. The predicted molar refractivity (Wildman–Crippen MR) is 79.1 cm³/mol. The number of hydrazine groups is 1. The molecule has 3 N–H and O–H groups in total. The third kappa shape index (κ3) is 3.60. The molecular formula is C12H16ClN5O3. The molecule has 1 aromatic rings. The van der Waals surface area contributed by atoms with Crippen LogP contribution in [0.15, 0.2) is 12.1 Å². The van der Waals surface area contributed by atoms with Crippen LogP contribution in [0.3, 0.4) is 0 Å². The molecule has 2 rings (SSSR count). The molecule has 0 atom stereocenters. The summed E-state index contributed by atoms with van der Waals surface area (Å²) in [4.78, 5) is 24.6. The van der Waals surface area contributed by atoms with E-state index in [2.05, 4.69) is 10.3 Å². The maximum Gasteiger partial charge on any atom is 0.271 e. The fourth-order valence-electron chi connectivity index (χ4n) is 2.02. The number of non-ortho nitro benzene ring substituents is 1. The number of likely N-dealkylation sites (N-methyl/N-ethyl adjacent to an activating group) is 1. The lowest BCUT2D eigenvalue weighted by Gasteiger charge is -2.32. The van der Waals surface area contributed by atoms with Crippen molar-refractivity contribution in [2.45, 2.75) is 0 Å². The molecule has 114 valence electrons. The van der Waals surface area contributed by atoms with Crippen LogP contribution in [0.5, 0.6) is 0 Å². The number of nitrogens with one attached hydrogen (secondary N) is 1. The standard InChI is InChI=1S/C12H16ClN5O3/c1-16-2-4-17(5-3-16)15-12(19)9-6-8(18(20)21)7-10(13)11(9)14/h6-7H,2-5,14H2,1H3,(H,15,19). The molecule has 0 unspecified atom stereocenters. The van der Waals surface area contributed by atoms with Crippen molar-refractivity contribution in [2.24, 2.45) is 0 Å². The Hall–Kier alpha value is -1.90. The second-order valence-corrected chi connectivity index (χ2v) is 5.28. The van der Waals surface area contributed by atoms with Gasteiger partial charge in [-0.1, -0.05) is 11.6 Å². The Bertz CT molecular complexity index is 572. The van der Waals surface area contributed by atoms with Gasteiger partial charge in [-0.25, -0.2) is 5.01 Å². The number of hydrogen-bond donors (Lipinski definition) is 2. The number of nitro benzene ring substituents is 1. The summed E-state index contributed by atoms with van der Waals surface area (Å²) in [6.45, 7) is 2.99. The molecular weight excluding hydrogens is 298 g/mol. The summed E-state index contributed by atoms with van der Waals surface area (Å²) in [6.07, 6.45) is 0. The highest BCUT2D eigenvalue weighted by molar-refractivity contribution is 6.34. The van der Waals surface area contributed by atoms with E-state index in [1.165, 1.54) is 0 Å². The van der Waals surface area contributed by atoms with Gasteiger partial charge in [0, 0.05) is 38.3 Å². The topological polar surface area (TPSA) is 105 Å². The molecule has 0 saturated carbocycles. The zero-order chi connectivity index (χ0) is 15.6. The number of rotatable bonds is 3. The van der Waals surface area contributed by atoms with Gasteiger partial charge in [0.25, 0.3) is 11.6 Å². The average molecular weight is 314 g/mol. The maximum atomic E-state index is 12.2. The molecule has 1 saturated heterocycles. The van der Waals surface area contributed by atoms with Crippen molar-refractivity contribution in [3.05, 3.63) is 32.8 Å². The molecule has 0 spiro atoms. The second kappa shape index (κ2) is 6.25. The lowest BCUT2D eigenvalue weighted by atomic mass is 10.1. The molecule has 1 amide bonds. The van der Waals surface area contributed by atoms with Gasteiger partial charge in [0.2, 0.25) is 0 Å². The maximum absolute atomic E-state index is 12.2. The first-order valence-corrected chi connectivity index (χ1v) is 6.74. The van der Waals surface area contributed by atoms with Crippen LogP contribution >= 0.6 is 11.6 Å². The monoisotopic (exact) mass is 313 g/mol. The van der Waals surface area contributed by atoms with E-state index in [1.54, 1.807) is 5.01 Å². The van der Waals surface area contributed by atoms with E-state index in [0.717, 1.165) is 25.2 Å². The first-order valence-electron chi connectivity index (χ1n) is 6.36. The van der Waals surface area contributed by atoms with Crippen molar-refractivity contribution in [3.63, 3.8) is 0 Å². The first-order chi connectivity index (χ1) is 9.88. The minimum Gasteiger partial charge on any atom is -0.397 e. The molecule has 1 aliphatic rings. The number of carbonyl (C=O) groups excluding carboxylic acids is 1. The molecule has 0 radical (unpaired) electrons. The minimum absolute atomic E-state index is 0.00673. The molecule has 1 fully saturated rings. The van der Waals surface area contributed by atoms with Gasteiger partial charge in [0.1, 0.15) is 0 Å². The Morgan fingerprint density at radius 3 is 2.57 bits per heavy atom. The van der Waals surface area contributed by atoms with Gasteiger partial charge in [0.15, 0.2) is 0 Å². The summed E-state index contributed by atoms with van der Waals surface area (Å²) in [7, 11) is 2.00. The van der Waals surface area contributed by atoms with Gasteiger partial charge >= 0.3 is 0 Å². The van der Waals surface area contributed by atoms with Crippen LogP contribution in [0.4, 0.5) is 11.4 Å². The highest BCUT2D eigenvalue weighted by Crippen LogP contribution is 2.28. The largest absolute Gasteiger partial charge is 0.397 e. The fourth-order valence-corrected chi connectivity index (χ4v) is 2.23. The number of anilines is 1. The Morgan fingerprint density at radius 2 is 2.00 bits per heavy atom. The number of halogens is 1. The van der Waals surface area contributed by atoms with Crippen LogP contribution in [0.2, 0.25) is 5.02 Å². The van der Waals surface area contributed by atoms with Crippen LogP contribution in [0, 0.1) is 10.1 Å². The quantitative estimate of drug-likeness (QED) is 0.484. The number of hydrogen-bond acceptors (Lipinski definition) is 6. The van der Waals surface area contributed by atoms with Gasteiger partial charge in [-0.15, -0.1) is 0 Å². The fraction of sp³-hybridized carbons (Fsp3) is 0.417. The average Bonchev–Trinajstić information content (AvgIpc) is 2.43. The van der Waals surface area contributed by atoms with E-state index in [-0.39, 0.29) is 22.0 Å². The van der Waals surface area contributed by atoms with E-state index in [9.17, 15) is 14.9 Å². The number of nitrogens with two attached hydrogens (primary N) is 1. The van der Waals surface area contributed by atoms with Gasteiger partial charge in [-0.2, -0.15) is 0 Å². The molecule has 21 heavy (non-hydrogen) atoms. The number of carbonyl (C=O) groups is 1. The highest BCUT2D eigenvalue weighted by Gasteiger charge is 2.21. The summed E-state index contributed by atoms with van der Waals surface area (Å²) >= 11 is 5.84. The van der Waals surface area contributed by atoms with Crippen LogP contribution in [0.25, 0.3) is 0 Å². The van der Waals surface area contributed by atoms with Crippen molar-refractivity contribution in [3.8, 4) is 0 Å². The summed E-state index contributed by atoms with van der Waals surface area (Å²) in [6, 6.07) is 2.26. The molecule has 0 aliphatic carbocycles. The minimum atomic E-state index is -0.613. The zero-order valence-corrected chi connectivity index (χ0v) is 12.3. The lowest BCUT2D eigenvalue weighted by molar-refractivity contribution is -0.384. The summed E-state index contributed by atoms with van der Waals surface area (Å²) in [5.41, 5.74) is 8.21. The predicted octanol–water partition coefficient (Wildman–Crippen LogP) is 0.723. The summed E-state index contributed by atoms with van der Waals surface area (Å²) < 4.78 is 0. The van der Waals surface area contributed by atoms with E-state index < -0.39 is 10.8 Å². The van der Waals surface area contributed by atoms with Crippen LogP contribution < -0.4 is 11.2 Å². The Labute approximate surface area is 126 Å². The van der Waals surface area contributed by atoms with Crippen molar-refractivity contribution in [1.29, 1.82) is 0 Å². The van der Waals surface area contributed by atoms with Crippen LogP contribution in [-0.4, -0.2) is 54.0 Å². The molecule has 1 heterocycles. The lowest BCUT2D eigenvalue weighted by Crippen LogP contribution is -2.52. The number of amides is 1. The van der Waals surface area contributed by atoms with Crippen molar-refractivity contribution in [1.82, 2.24) is 15.3 Å². The van der Waals surface area contributed by atoms with Crippen molar-refractivity contribution >= 4 is 28.9 Å². The van der Waals surface area contributed by atoms with Gasteiger partial charge < -0.3 is 10.6 Å². The third-order valence-electron chi connectivity index (χ3n) is 3.33. The van der Waals surface area contributed by atoms with Crippen molar-refractivity contribution in [2.75, 3.05) is 39.0 Å². The highest BCUT2D eigenvalue weighted by atomic mass is 35.5. The number of nitrogens with zero attached hydrogens (tertiary/aromatic N) is 3. The third-order valence-corrected chi connectivity index (χ3v) is 3.65. The summed E-state index contributed by atoms with van der Waals surface area (Å²) in [5.74, 6) is -0.498. The molecule has 0 bridgehead atoms. The van der Waals surface area contributed by atoms with E-state index >= 15 is 0 Å². The summed E-state index contributed by atoms with van der Waals surface area (Å²) in [5, 5.41) is 12.6. The van der Waals surface area contributed by atoms with Crippen molar-refractivity contribution < 1.29 is 9.72 Å². The molecule has 1 aliphatic heterocycles. The SMILES string of the molecule is CN1CCN(NC(=O)c2cc([N+](=O)[O-])cc(Cl)c2N)CC1. The molecule has 8 nitrogen and oxygen atoms in total. The smallest absolute Gasteiger partial charge is 0.271 e. The molecule has 1 aromatic carbocycles. The van der Waals surface area contributed by atoms with Gasteiger partial charge in [0.05, 0.1) is 21.2 Å². The molecule has 9 heteroatoms. The Balaban J connectivity index is 2.17. The number of nitro groups is 1. The van der Waals surface area contributed by atoms with Crippen LogP contribution in [0.1, 0.15) is 10.4 Å². The Kier molecular flexibility index (Phi) is 4.61.